The van der Waals surface area contributed by atoms with Crippen molar-refractivity contribution < 1.29 is 24.1 Å². The van der Waals surface area contributed by atoms with E-state index in [2.05, 4.69) is 48.1 Å². The summed E-state index contributed by atoms with van der Waals surface area (Å²) < 4.78 is 17.5. The second-order valence-corrected chi connectivity index (χ2v) is 11.0. The molecule has 1 fully saturated rings. The van der Waals surface area contributed by atoms with Crippen LogP contribution in [-0.4, -0.2) is 66.4 Å². The first-order valence-corrected chi connectivity index (χ1v) is 13.1. The number of benzene rings is 2. The molecule has 4 aliphatic rings. The van der Waals surface area contributed by atoms with E-state index in [9.17, 15) is 15.2 Å². The van der Waals surface area contributed by atoms with Crippen LogP contribution in [0, 0.1) is 32.1 Å². The van der Waals surface area contributed by atoms with Gasteiger partial charge in [0, 0.05) is 42.2 Å². The molecule has 200 valence electrons. The van der Waals surface area contributed by atoms with Crippen LogP contribution in [0.2, 0.25) is 0 Å². The van der Waals surface area contributed by atoms with Gasteiger partial charge in [-0.25, -0.2) is 0 Å². The van der Waals surface area contributed by atoms with Crippen molar-refractivity contribution in [2.75, 3.05) is 27.5 Å². The maximum absolute atomic E-state index is 12.1. The third-order valence-corrected chi connectivity index (χ3v) is 9.11. The van der Waals surface area contributed by atoms with Crippen LogP contribution in [0.25, 0.3) is 0 Å². The Morgan fingerprint density at radius 1 is 1.18 bits per heavy atom. The van der Waals surface area contributed by atoms with Gasteiger partial charge in [-0.15, -0.1) is 0 Å². The molecule has 5 atom stereocenters. The first-order chi connectivity index (χ1) is 18.2. The third-order valence-electron chi connectivity index (χ3n) is 9.11. The highest BCUT2D eigenvalue weighted by molar-refractivity contribution is 5.73. The number of fused-ring (bicyclic) bond motifs is 9. The molecule has 1 saturated heterocycles. The van der Waals surface area contributed by atoms with Crippen LogP contribution in [0.1, 0.15) is 58.0 Å². The Labute approximate surface area is 222 Å². The molecule has 1 unspecified atom stereocenters. The maximum atomic E-state index is 12.1. The number of carbonyl (C=O) groups is 1. The SMILES string of the molecule is COc1c(C)cc2c(c1C)[C@@H]1C3Cc4c(O)c(C)c5c(c4[C@H](CNC(C)=O)N3[C@@H](C#N)[C@H](C2)N1C)OCO5. The number of hydrogen-bond acceptors (Lipinski definition) is 8. The lowest BCUT2D eigenvalue weighted by Gasteiger charge is -2.60. The van der Waals surface area contributed by atoms with Gasteiger partial charge < -0.3 is 24.6 Å². The number of likely N-dealkylation sites (N-methyl/N-ethyl adjacent to an activating group) is 1. The monoisotopic (exact) mass is 518 g/mol. The Morgan fingerprint density at radius 2 is 1.92 bits per heavy atom. The Balaban J connectivity index is 1.60. The normalized spacial score (nSPS) is 27.1. The number of methoxy groups -OCH3 is 1. The van der Waals surface area contributed by atoms with E-state index in [1.165, 1.54) is 18.1 Å². The van der Waals surface area contributed by atoms with Crippen LogP contribution in [0.4, 0.5) is 0 Å². The molecule has 2 aromatic carbocycles. The van der Waals surface area contributed by atoms with Gasteiger partial charge in [0.05, 0.1) is 25.3 Å². The minimum absolute atomic E-state index is 0.0269. The number of piperazine rings is 1. The Bertz CT molecular complexity index is 1400. The number of phenols is 1. The molecule has 1 amide bonds. The van der Waals surface area contributed by atoms with E-state index >= 15 is 0 Å². The highest BCUT2D eigenvalue weighted by Gasteiger charge is 2.56. The summed E-state index contributed by atoms with van der Waals surface area (Å²) in [5, 5.41) is 25.0. The molecule has 0 saturated carbocycles. The summed E-state index contributed by atoms with van der Waals surface area (Å²) in [4.78, 5) is 16.7. The summed E-state index contributed by atoms with van der Waals surface area (Å²) in [5.41, 5.74) is 6.96. The average Bonchev–Trinajstić information content (AvgIpc) is 3.36. The predicted octanol–water partition coefficient (Wildman–Crippen LogP) is 2.96. The highest BCUT2D eigenvalue weighted by Crippen LogP contribution is 2.57. The molecule has 0 aromatic heterocycles. The molecular weight excluding hydrogens is 484 g/mol. The summed E-state index contributed by atoms with van der Waals surface area (Å²) in [5.74, 6) is 2.08. The van der Waals surface area contributed by atoms with E-state index in [0.717, 1.165) is 34.4 Å². The number of hydrogen-bond donors (Lipinski definition) is 2. The first-order valence-electron chi connectivity index (χ1n) is 13.1. The lowest BCUT2D eigenvalue weighted by atomic mass is 9.71. The van der Waals surface area contributed by atoms with Gasteiger partial charge in [0.1, 0.15) is 17.5 Å². The Kier molecular flexibility index (Phi) is 5.74. The van der Waals surface area contributed by atoms with Gasteiger partial charge in [-0.1, -0.05) is 6.07 Å². The van der Waals surface area contributed by atoms with Gasteiger partial charge in [-0.05, 0) is 62.9 Å². The predicted molar refractivity (Wildman–Crippen MR) is 140 cm³/mol. The topological polar surface area (TPSA) is 107 Å². The largest absolute Gasteiger partial charge is 0.507 e. The molecule has 2 aromatic rings. The molecule has 6 rings (SSSR count). The van der Waals surface area contributed by atoms with Gasteiger partial charge >= 0.3 is 0 Å². The fourth-order valence-corrected chi connectivity index (χ4v) is 7.62. The number of phenolic OH excluding ortho intramolecular Hbond substituents is 1. The Morgan fingerprint density at radius 3 is 2.61 bits per heavy atom. The quantitative estimate of drug-likeness (QED) is 0.639. The van der Waals surface area contributed by atoms with Crippen molar-refractivity contribution in [3.05, 3.63) is 45.0 Å². The van der Waals surface area contributed by atoms with E-state index in [1.807, 2.05) is 6.92 Å². The molecule has 0 spiro atoms. The molecule has 4 aliphatic heterocycles. The summed E-state index contributed by atoms with van der Waals surface area (Å²) in [7, 11) is 3.81. The Hall–Kier alpha value is -3.48. The summed E-state index contributed by atoms with van der Waals surface area (Å²) in [6.07, 6.45) is 1.27. The fourth-order valence-electron chi connectivity index (χ4n) is 7.62. The van der Waals surface area contributed by atoms with Crippen molar-refractivity contribution in [2.24, 2.45) is 0 Å². The van der Waals surface area contributed by atoms with E-state index < -0.39 is 6.04 Å². The van der Waals surface area contributed by atoms with Crippen LogP contribution in [-0.2, 0) is 17.6 Å². The van der Waals surface area contributed by atoms with E-state index in [-0.39, 0.29) is 42.6 Å². The number of amides is 1. The summed E-state index contributed by atoms with van der Waals surface area (Å²) in [6, 6.07) is 3.86. The zero-order valence-corrected chi connectivity index (χ0v) is 22.7. The van der Waals surface area contributed by atoms with Crippen LogP contribution in [0.15, 0.2) is 6.07 Å². The number of nitrogens with one attached hydrogen (secondary N) is 1. The van der Waals surface area contributed by atoms with Gasteiger partial charge in [0.25, 0.3) is 0 Å². The van der Waals surface area contributed by atoms with Crippen molar-refractivity contribution in [1.29, 1.82) is 5.26 Å². The average molecular weight is 519 g/mol. The second kappa shape index (κ2) is 8.79. The summed E-state index contributed by atoms with van der Waals surface area (Å²) in [6.45, 7) is 7.88. The van der Waals surface area contributed by atoms with Crippen LogP contribution in [0.3, 0.4) is 0 Å². The molecule has 38 heavy (non-hydrogen) atoms. The van der Waals surface area contributed by atoms with Gasteiger partial charge in [0.2, 0.25) is 12.7 Å². The number of nitriles is 1. The molecule has 2 bridgehead atoms. The van der Waals surface area contributed by atoms with Gasteiger partial charge in [0.15, 0.2) is 11.5 Å². The van der Waals surface area contributed by atoms with Crippen molar-refractivity contribution in [3.63, 3.8) is 0 Å². The van der Waals surface area contributed by atoms with E-state index in [4.69, 9.17) is 14.2 Å². The van der Waals surface area contributed by atoms with E-state index in [1.54, 1.807) is 7.11 Å². The van der Waals surface area contributed by atoms with Crippen molar-refractivity contribution in [1.82, 2.24) is 15.1 Å². The minimum atomic E-state index is -0.426. The summed E-state index contributed by atoms with van der Waals surface area (Å²) >= 11 is 0. The molecule has 9 nitrogen and oxygen atoms in total. The highest BCUT2D eigenvalue weighted by atomic mass is 16.7. The van der Waals surface area contributed by atoms with Crippen LogP contribution in [0.5, 0.6) is 23.0 Å². The number of aromatic hydroxyl groups is 1. The van der Waals surface area contributed by atoms with E-state index in [0.29, 0.717) is 30.0 Å². The zero-order valence-electron chi connectivity index (χ0n) is 22.7. The molecule has 2 N–H and O–H groups in total. The number of aryl methyl sites for hydroxylation is 1. The zero-order chi connectivity index (χ0) is 27.0. The lowest BCUT2D eigenvalue weighted by Crippen LogP contribution is -2.68. The lowest BCUT2D eigenvalue weighted by molar-refractivity contribution is -0.120. The molecule has 0 radical (unpaired) electrons. The van der Waals surface area contributed by atoms with Gasteiger partial charge in [-0.3, -0.25) is 14.6 Å². The standard InChI is InChI=1S/C29H34N4O5/c1-13-7-17-8-19-21(10-30)33-20(25(32(19)5)23(17)14(2)27(13)36-6)9-18-24(22(33)11-31-16(4)34)29-28(37-12-38-29)15(3)26(18)35/h7,19-22,25,35H,8-9,11-12H2,1-6H3,(H,31,34)/t19-,20?,21-,22-,25-/m0/s1. The van der Waals surface area contributed by atoms with Crippen molar-refractivity contribution >= 4 is 5.91 Å². The van der Waals surface area contributed by atoms with Crippen LogP contribution >= 0.6 is 0 Å². The molecular formula is C29H34N4O5. The smallest absolute Gasteiger partial charge is 0.231 e. The molecule has 9 heteroatoms. The van der Waals surface area contributed by atoms with Gasteiger partial charge in [-0.2, -0.15) is 5.26 Å². The number of rotatable bonds is 3. The fraction of sp³-hybridized carbons (Fsp3) is 0.517. The third kappa shape index (κ3) is 3.26. The van der Waals surface area contributed by atoms with Crippen molar-refractivity contribution in [3.8, 4) is 29.1 Å². The first kappa shape index (κ1) is 24.8. The van der Waals surface area contributed by atoms with Crippen molar-refractivity contribution in [2.45, 2.75) is 70.7 Å². The number of ether oxygens (including phenoxy) is 3. The second-order valence-electron chi connectivity index (χ2n) is 11.0. The molecule has 4 heterocycles. The number of carbonyl (C=O) groups excluding carboxylic acids is 1. The number of nitrogens with zero attached hydrogens (tertiary/aromatic N) is 3. The maximum Gasteiger partial charge on any atom is 0.231 e. The minimum Gasteiger partial charge on any atom is -0.507 e. The molecule has 0 aliphatic carbocycles. The van der Waals surface area contributed by atoms with Crippen LogP contribution < -0.4 is 19.5 Å².